The Bertz CT molecular complexity index is 148. The summed E-state index contributed by atoms with van der Waals surface area (Å²) < 4.78 is 4.63. The van der Waals surface area contributed by atoms with Crippen molar-refractivity contribution >= 4 is 6.03 Å². The molecule has 0 aliphatic heterocycles. The number of urea groups is 1. The van der Waals surface area contributed by atoms with Gasteiger partial charge in [0.2, 0.25) is 0 Å². The molecule has 72 valence electrons. The Morgan fingerprint density at radius 3 is 2.58 bits per heavy atom. The molecule has 0 aliphatic rings. The molecule has 0 spiro atoms. The van der Waals surface area contributed by atoms with E-state index in [0.717, 1.165) is 0 Å². The fourth-order valence-corrected chi connectivity index (χ4v) is 0.529. The number of carbonyl (C=O) groups excluding carboxylic acids is 1. The normalized spacial score (nSPS) is 11.0. The van der Waals surface area contributed by atoms with Crippen LogP contribution in [-0.4, -0.2) is 37.1 Å². The third-order valence-corrected chi connectivity index (χ3v) is 1.22. The van der Waals surface area contributed by atoms with Gasteiger partial charge in [-0.05, 0) is 13.8 Å². The van der Waals surface area contributed by atoms with E-state index in [1.165, 1.54) is 7.11 Å². The van der Waals surface area contributed by atoms with E-state index in [1.54, 1.807) is 13.8 Å². The average molecular weight is 176 g/mol. The molecular weight excluding hydrogens is 160 g/mol. The third-order valence-electron chi connectivity index (χ3n) is 1.22. The lowest BCUT2D eigenvalue weighted by molar-refractivity contribution is 0.157. The molecule has 0 radical (unpaired) electrons. The number of hydrogen-bond donors (Lipinski definition) is 3. The molecule has 0 aromatic heterocycles. The van der Waals surface area contributed by atoms with Crippen molar-refractivity contribution in [2.24, 2.45) is 0 Å². The van der Waals surface area contributed by atoms with Crippen molar-refractivity contribution in [1.29, 1.82) is 0 Å². The Balaban J connectivity index is 3.68. The lowest BCUT2D eigenvalue weighted by Crippen LogP contribution is -2.50. The van der Waals surface area contributed by atoms with Crippen molar-refractivity contribution in [3.63, 3.8) is 0 Å². The Kier molecular flexibility index (Phi) is 4.61. The highest BCUT2D eigenvalue weighted by Gasteiger charge is 2.18. The van der Waals surface area contributed by atoms with E-state index in [-0.39, 0.29) is 19.4 Å². The van der Waals surface area contributed by atoms with E-state index in [9.17, 15) is 4.79 Å². The van der Waals surface area contributed by atoms with Gasteiger partial charge in [0.05, 0.1) is 12.1 Å². The standard InChI is InChI=1S/C7H16N2O3/c1-7(2,4-10)9-6(11)8-5-12-3/h10H,4-5H2,1-3H3,(H2,8,9,11). The number of ether oxygens (including phenoxy) is 1. The zero-order valence-electron chi connectivity index (χ0n) is 7.68. The van der Waals surface area contributed by atoms with E-state index in [4.69, 9.17) is 5.11 Å². The first-order valence-electron chi connectivity index (χ1n) is 3.67. The number of methoxy groups -OCH3 is 1. The number of aliphatic hydroxyl groups excluding tert-OH is 1. The van der Waals surface area contributed by atoms with Crippen LogP contribution in [0.25, 0.3) is 0 Å². The lowest BCUT2D eigenvalue weighted by atomic mass is 10.1. The summed E-state index contributed by atoms with van der Waals surface area (Å²) in [5, 5.41) is 13.8. The average Bonchev–Trinajstić information content (AvgIpc) is 2.00. The second-order valence-corrected chi connectivity index (χ2v) is 3.11. The van der Waals surface area contributed by atoms with E-state index in [2.05, 4.69) is 15.4 Å². The van der Waals surface area contributed by atoms with Crippen molar-refractivity contribution in [1.82, 2.24) is 10.6 Å². The quantitative estimate of drug-likeness (QED) is 0.513. The molecule has 0 heterocycles. The van der Waals surface area contributed by atoms with E-state index >= 15 is 0 Å². The highest BCUT2D eigenvalue weighted by Crippen LogP contribution is 1.98. The summed E-state index contributed by atoms with van der Waals surface area (Å²) in [4.78, 5) is 11.0. The zero-order chi connectivity index (χ0) is 9.61. The highest BCUT2D eigenvalue weighted by atomic mass is 16.5. The topological polar surface area (TPSA) is 70.6 Å². The fourth-order valence-electron chi connectivity index (χ4n) is 0.529. The minimum absolute atomic E-state index is 0.104. The molecule has 12 heavy (non-hydrogen) atoms. The fraction of sp³-hybridized carbons (Fsp3) is 0.857. The van der Waals surface area contributed by atoms with Gasteiger partial charge in [0.15, 0.2) is 0 Å². The highest BCUT2D eigenvalue weighted by molar-refractivity contribution is 5.74. The summed E-state index contributed by atoms with van der Waals surface area (Å²) in [6.07, 6.45) is 0. The van der Waals surface area contributed by atoms with Gasteiger partial charge in [-0.2, -0.15) is 0 Å². The molecule has 0 aromatic carbocycles. The van der Waals surface area contributed by atoms with E-state index in [0.29, 0.717) is 0 Å². The molecule has 5 nitrogen and oxygen atoms in total. The molecule has 0 saturated heterocycles. The molecule has 0 saturated carbocycles. The summed E-state index contributed by atoms with van der Waals surface area (Å²) in [6.45, 7) is 3.50. The van der Waals surface area contributed by atoms with Crippen LogP contribution >= 0.6 is 0 Å². The van der Waals surface area contributed by atoms with E-state index < -0.39 is 5.54 Å². The van der Waals surface area contributed by atoms with Gasteiger partial charge in [0, 0.05) is 7.11 Å². The molecule has 3 N–H and O–H groups in total. The van der Waals surface area contributed by atoms with Crippen LogP contribution in [0.1, 0.15) is 13.8 Å². The van der Waals surface area contributed by atoms with Crippen LogP contribution in [0.2, 0.25) is 0 Å². The SMILES string of the molecule is COCNC(=O)NC(C)(C)CO. The van der Waals surface area contributed by atoms with Gasteiger partial charge >= 0.3 is 6.03 Å². The molecule has 0 rings (SSSR count). The first-order valence-corrected chi connectivity index (χ1v) is 3.67. The molecule has 0 bridgehead atoms. The Morgan fingerprint density at radius 2 is 2.17 bits per heavy atom. The molecule has 2 amide bonds. The van der Waals surface area contributed by atoms with Gasteiger partial charge in [-0.25, -0.2) is 4.79 Å². The molecule has 0 unspecified atom stereocenters. The van der Waals surface area contributed by atoms with Crippen molar-refractivity contribution in [2.45, 2.75) is 19.4 Å². The first kappa shape index (κ1) is 11.2. The Morgan fingerprint density at radius 1 is 1.58 bits per heavy atom. The first-order chi connectivity index (χ1) is 5.52. The summed E-state index contributed by atoms with van der Waals surface area (Å²) in [5.74, 6) is 0. The van der Waals surface area contributed by atoms with Crippen LogP contribution in [0.5, 0.6) is 0 Å². The number of rotatable bonds is 4. The number of nitrogens with one attached hydrogen (secondary N) is 2. The molecule has 0 aliphatic carbocycles. The number of carbonyl (C=O) groups is 1. The lowest BCUT2D eigenvalue weighted by Gasteiger charge is -2.23. The predicted octanol–water partition coefficient (Wildman–Crippen LogP) is -0.340. The van der Waals surface area contributed by atoms with Gasteiger partial charge in [0.1, 0.15) is 6.73 Å². The maximum absolute atomic E-state index is 11.0. The van der Waals surface area contributed by atoms with Crippen LogP contribution in [-0.2, 0) is 4.74 Å². The van der Waals surface area contributed by atoms with Crippen molar-refractivity contribution in [3.05, 3.63) is 0 Å². The van der Waals surface area contributed by atoms with Crippen molar-refractivity contribution in [2.75, 3.05) is 20.4 Å². The van der Waals surface area contributed by atoms with Crippen LogP contribution in [0.3, 0.4) is 0 Å². The number of hydrogen-bond acceptors (Lipinski definition) is 3. The number of aliphatic hydroxyl groups is 1. The monoisotopic (exact) mass is 176 g/mol. The van der Waals surface area contributed by atoms with Gasteiger partial charge in [-0.15, -0.1) is 0 Å². The van der Waals surface area contributed by atoms with Crippen LogP contribution in [0, 0.1) is 0 Å². The smallest absolute Gasteiger partial charge is 0.317 e. The van der Waals surface area contributed by atoms with E-state index in [1.807, 2.05) is 0 Å². The second-order valence-electron chi connectivity index (χ2n) is 3.11. The molecule has 5 heteroatoms. The summed E-state index contributed by atoms with van der Waals surface area (Å²) in [7, 11) is 1.48. The zero-order valence-corrected chi connectivity index (χ0v) is 7.68. The summed E-state index contributed by atoms with van der Waals surface area (Å²) in [5.41, 5.74) is -0.599. The Labute approximate surface area is 72.1 Å². The summed E-state index contributed by atoms with van der Waals surface area (Å²) in [6, 6.07) is -0.351. The Hall–Kier alpha value is -0.810. The van der Waals surface area contributed by atoms with Crippen LogP contribution < -0.4 is 10.6 Å². The van der Waals surface area contributed by atoms with Crippen LogP contribution in [0.15, 0.2) is 0 Å². The van der Waals surface area contributed by atoms with Gasteiger partial charge in [-0.1, -0.05) is 0 Å². The van der Waals surface area contributed by atoms with Crippen LogP contribution in [0.4, 0.5) is 4.79 Å². The van der Waals surface area contributed by atoms with Crippen molar-refractivity contribution < 1.29 is 14.6 Å². The minimum Gasteiger partial charge on any atom is -0.394 e. The second kappa shape index (κ2) is 4.95. The maximum Gasteiger partial charge on any atom is 0.317 e. The molecule has 0 fully saturated rings. The maximum atomic E-state index is 11.0. The van der Waals surface area contributed by atoms with Crippen molar-refractivity contribution in [3.8, 4) is 0 Å². The number of amides is 2. The van der Waals surface area contributed by atoms with Gasteiger partial charge in [0.25, 0.3) is 0 Å². The predicted molar refractivity (Wildman–Crippen MR) is 44.7 cm³/mol. The van der Waals surface area contributed by atoms with Gasteiger partial charge < -0.3 is 20.5 Å². The summed E-state index contributed by atoms with van der Waals surface area (Å²) >= 11 is 0. The minimum atomic E-state index is -0.599. The molecule has 0 aromatic rings. The largest absolute Gasteiger partial charge is 0.394 e. The third kappa shape index (κ3) is 4.92. The molecule has 0 atom stereocenters. The van der Waals surface area contributed by atoms with Gasteiger partial charge in [-0.3, -0.25) is 0 Å². The molecular formula is C7H16N2O3.